The van der Waals surface area contributed by atoms with Crippen LogP contribution in [0.25, 0.3) is 0 Å². The summed E-state index contributed by atoms with van der Waals surface area (Å²) in [7, 11) is -3.17. The van der Waals surface area contributed by atoms with Gasteiger partial charge in [0.2, 0.25) is 10.0 Å². The highest BCUT2D eigenvalue weighted by Gasteiger charge is 2.08. The number of hydrogen-bond donors (Lipinski definition) is 2. The first-order chi connectivity index (χ1) is 8.14. The Labute approximate surface area is 103 Å². The van der Waals surface area contributed by atoms with Crippen molar-refractivity contribution < 1.29 is 12.8 Å². The Bertz CT molecular complexity index is 387. The molecular formula is C11H20N2O3S. The SMILES string of the molecule is CCCNCCS(=O)(=O)NCCc1ccco1. The van der Waals surface area contributed by atoms with Crippen LogP contribution < -0.4 is 10.0 Å². The Balaban J connectivity index is 2.16. The van der Waals surface area contributed by atoms with Crippen LogP contribution >= 0.6 is 0 Å². The summed E-state index contributed by atoms with van der Waals surface area (Å²) in [5.74, 6) is 0.905. The lowest BCUT2D eigenvalue weighted by molar-refractivity contribution is 0.505. The molecule has 1 rings (SSSR count). The standard InChI is InChI=1S/C11H20N2O3S/c1-2-6-12-8-10-17(14,15)13-7-5-11-4-3-9-16-11/h3-4,9,12-13H,2,5-8,10H2,1H3. The summed E-state index contributed by atoms with van der Waals surface area (Å²) in [5, 5.41) is 3.06. The van der Waals surface area contributed by atoms with Crippen LogP contribution in [0.3, 0.4) is 0 Å². The zero-order chi connectivity index (χ0) is 12.6. The Morgan fingerprint density at radius 1 is 1.29 bits per heavy atom. The maximum atomic E-state index is 11.5. The molecule has 17 heavy (non-hydrogen) atoms. The second kappa shape index (κ2) is 7.47. The van der Waals surface area contributed by atoms with Gasteiger partial charge in [-0.2, -0.15) is 0 Å². The van der Waals surface area contributed by atoms with Gasteiger partial charge in [0, 0.05) is 19.5 Å². The van der Waals surface area contributed by atoms with Gasteiger partial charge in [-0.05, 0) is 25.1 Å². The third-order valence-electron chi connectivity index (χ3n) is 2.25. The average Bonchev–Trinajstić information content (AvgIpc) is 2.77. The van der Waals surface area contributed by atoms with Gasteiger partial charge in [0.05, 0.1) is 12.0 Å². The van der Waals surface area contributed by atoms with Gasteiger partial charge in [0.1, 0.15) is 5.76 Å². The molecule has 2 N–H and O–H groups in total. The van der Waals surface area contributed by atoms with Crippen molar-refractivity contribution in [2.75, 3.05) is 25.4 Å². The molecule has 0 aliphatic heterocycles. The quantitative estimate of drug-likeness (QED) is 0.642. The van der Waals surface area contributed by atoms with Crippen molar-refractivity contribution in [1.29, 1.82) is 0 Å². The monoisotopic (exact) mass is 260 g/mol. The second-order valence-electron chi connectivity index (χ2n) is 3.79. The molecule has 0 atom stereocenters. The van der Waals surface area contributed by atoms with Crippen molar-refractivity contribution in [3.63, 3.8) is 0 Å². The lowest BCUT2D eigenvalue weighted by Gasteiger charge is -2.06. The molecule has 98 valence electrons. The van der Waals surface area contributed by atoms with E-state index < -0.39 is 10.0 Å². The predicted molar refractivity (Wildman–Crippen MR) is 67.4 cm³/mol. The van der Waals surface area contributed by atoms with E-state index in [1.807, 2.05) is 13.0 Å². The topological polar surface area (TPSA) is 71.3 Å². The van der Waals surface area contributed by atoms with E-state index in [0.29, 0.717) is 19.5 Å². The molecule has 1 aromatic heterocycles. The summed E-state index contributed by atoms with van der Waals surface area (Å²) in [4.78, 5) is 0. The van der Waals surface area contributed by atoms with Gasteiger partial charge in [-0.15, -0.1) is 0 Å². The Kier molecular flexibility index (Phi) is 6.25. The first-order valence-corrected chi connectivity index (χ1v) is 7.49. The van der Waals surface area contributed by atoms with E-state index >= 15 is 0 Å². The molecule has 0 aliphatic carbocycles. The van der Waals surface area contributed by atoms with Gasteiger partial charge in [0.15, 0.2) is 0 Å². The summed E-state index contributed by atoms with van der Waals surface area (Å²) in [6.07, 6.45) is 3.17. The number of nitrogens with one attached hydrogen (secondary N) is 2. The van der Waals surface area contributed by atoms with Gasteiger partial charge in [-0.1, -0.05) is 6.92 Å². The van der Waals surface area contributed by atoms with Gasteiger partial charge in [-0.25, -0.2) is 13.1 Å². The molecule has 1 aromatic rings. The van der Waals surface area contributed by atoms with Crippen LogP contribution in [0.2, 0.25) is 0 Å². The number of sulfonamides is 1. The molecule has 5 nitrogen and oxygen atoms in total. The van der Waals surface area contributed by atoms with E-state index in [1.165, 1.54) is 0 Å². The van der Waals surface area contributed by atoms with Crippen LogP contribution in [-0.2, 0) is 16.4 Å². The second-order valence-corrected chi connectivity index (χ2v) is 5.72. The van der Waals surface area contributed by atoms with Crippen LogP contribution in [0.4, 0.5) is 0 Å². The van der Waals surface area contributed by atoms with Crippen molar-refractivity contribution in [1.82, 2.24) is 10.0 Å². The highest BCUT2D eigenvalue weighted by molar-refractivity contribution is 7.89. The van der Waals surface area contributed by atoms with E-state index in [0.717, 1.165) is 18.7 Å². The highest BCUT2D eigenvalue weighted by atomic mass is 32.2. The molecule has 0 aliphatic rings. The lowest BCUT2D eigenvalue weighted by atomic mass is 10.3. The van der Waals surface area contributed by atoms with E-state index in [2.05, 4.69) is 10.0 Å². The van der Waals surface area contributed by atoms with Gasteiger partial charge < -0.3 is 9.73 Å². The first kappa shape index (κ1) is 14.2. The molecule has 0 fully saturated rings. The number of hydrogen-bond acceptors (Lipinski definition) is 4. The molecule has 0 amide bonds. The largest absolute Gasteiger partial charge is 0.469 e. The fourth-order valence-corrected chi connectivity index (χ4v) is 2.34. The van der Waals surface area contributed by atoms with E-state index in [-0.39, 0.29) is 5.75 Å². The Morgan fingerprint density at radius 2 is 2.12 bits per heavy atom. The lowest BCUT2D eigenvalue weighted by Crippen LogP contribution is -2.33. The smallest absolute Gasteiger partial charge is 0.212 e. The highest BCUT2D eigenvalue weighted by Crippen LogP contribution is 1.99. The fraction of sp³-hybridized carbons (Fsp3) is 0.636. The minimum atomic E-state index is -3.17. The fourth-order valence-electron chi connectivity index (χ4n) is 1.37. The van der Waals surface area contributed by atoms with E-state index in [9.17, 15) is 8.42 Å². The van der Waals surface area contributed by atoms with E-state index in [1.54, 1.807) is 12.3 Å². The van der Waals surface area contributed by atoms with Crippen molar-refractivity contribution in [3.05, 3.63) is 24.2 Å². The Morgan fingerprint density at radius 3 is 2.76 bits per heavy atom. The van der Waals surface area contributed by atoms with Crippen molar-refractivity contribution in [2.45, 2.75) is 19.8 Å². The Hall–Kier alpha value is -0.850. The summed E-state index contributed by atoms with van der Waals surface area (Å²) >= 11 is 0. The van der Waals surface area contributed by atoms with Crippen LogP contribution in [0.5, 0.6) is 0 Å². The van der Waals surface area contributed by atoms with Crippen LogP contribution in [0.15, 0.2) is 22.8 Å². The summed E-state index contributed by atoms with van der Waals surface area (Å²) in [6.45, 7) is 3.76. The van der Waals surface area contributed by atoms with Crippen LogP contribution in [0, 0.1) is 0 Å². The maximum Gasteiger partial charge on any atom is 0.212 e. The molecule has 0 spiro atoms. The maximum absolute atomic E-state index is 11.5. The third kappa shape index (κ3) is 6.45. The normalized spacial score (nSPS) is 11.8. The number of rotatable bonds is 9. The molecule has 1 heterocycles. The number of furan rings is 1. The van der Waals surface area contributed by atoms with Gasteiger partial charge in [0.25, 0.3) is 0 Å². The molecule has 6 heteroatoms. The van der Waals surface area contributed by atoms with Crippen molar-refractivity contribution in [3.8, 4) is 0 Å². The van der Waals surface area contributed by atoms with Crippen molar-refractivity contribution >= 4 is 10.0 Å². The third-order valence-corrected chi connectivity index (χ3v) is 3.63. The minimum Gasteiger partial charge on any atom is -0.469 e. The predicted octanol–water partition coefficient (Wildman–Crippen LogP) is 0.741. The molecule has 0 bridgehead atoms. The zero-order valence-electron chi connectivity index (χ0n) is 10.1. The van der Waals surface area contributed by atoms with Crippen LogP contribution in [0.1, 0.15) is 19.1 Å². The van der Waals surface area contributed by atoms with Gasteiger partial charge in [-0.3, -0.25) is 0 Å². The summed E-state index contributed by atoms with van der Waals surface area (Å²) in [6, 6.07) is 3.62. The van der Waals surface area contributed by atoms with Gasteiger partial charge >= 0.3 is 0 Å². The molecule has 0 saturated heterocycles. The molecule has 0 radical (unpaired) electrons. The average molecular weight is 260 g/mol. The molecule has 0 unspecified atom stereocenters. The molecule has 0 aromatic carbocycles. The first-order valence-electron chi connectivity index (χ1n) is 5.84. The van der Waals surface area contributed by atoms with Crippen LogP contribution in [-0.4, -0.2) is 33.8 Å². The summed E-state index contributed by atoms with van der Waals surface area (Å²) in [5.41, 5.74) is 0. The van der Waals surface area contributed by atoms with E-state index in [4.69, 9.17) is 4.42 Å². The zero-order valence-corrected chi connectivity index (χ0v) is 10.9. The summed E-state index contributed by atoms with van der Waals surface area (Å²) < 4.78 is 30.7. The molecular weight excluding hydrogens is 240 g/mol. The minimum absolute atomic E-state index is 0.116. The molecule has 0 saturated carbocycles. The van der Waals surface area contributed by atoms with Crippen molar-refractivity contribution in [2.24, 2.45) is 0 Å².